The first kappa shape index (κ1) is 19.0. The lowest BCUT2D eigenvalue weighted by molar-refractivity contribution is 0.0941. The predicted molar refractivity (Wildman–Crippen MR) is 105 cm³/mol. The number of carbonyl (C=O) groups excluding carboxylic acids is 1. The van der Waals surface area contributed by atoms with E-state index in [4.69, 9.17) is 0 Å². The van der Waals surface area contributed by atoms with Crippen molar-refractivity contribution < 1.29 is 4.79 Å². The van der Waals surface area contributed by atoms with Crippen LogP contribution in [0.25, 0.3) is 0 Å². The third kappa shape index (κ3) is 4.74. The van der Waals surface area contributed by atoms with Gasteiger partial charge in [0.1, 0.15) is 0 Å². The van der Waals surface area contributed by atoms with Crippen molar-refractivity contribution in [1.82, 2.24) is 41.4 Å². The van der Waals surface area contributed by atoms with Crippen LogP contribution in [0.5, 0.6) is 0 Å². The van der Waals surface area contributed by atoms with Crippen molar-refractivity contribution in [2.24, 2.45) is 5.92 Å². The Morgan fingerprint density at radius 2 is 2.00 bits per heavy atom. The van der Waals surface area contributed by atoms with Gasteiger partial charge in [-0.2, -0.15) is 0 Å². The molecule has 0 radical (unpaired) electrons. The zero-order chi connectivity index (χ0) is 19.2. The molecule has 2 aliphatic heterocycles. The maximum Gasteiger partial charge on any atom is 0.273 e. The smallest absolute Gasteiger partial charge is 0.273 e. The summed E-state index contributed by atoms with van der Waals surface area (Å²) in [5, 5.41) is 14.5. The minimum absolute atomic E-state index is 0.174. The topological polar surface area (TPSA) is 99.1 Å². The second kappa shape index (κ2) is 9.24. The number of hydrogen-bond acceptors (Lipinski definition) is 7. The van der Waals surface area contributed by atoms with E-state index >= 15 is 0 Å². The number of rotatable bonds is 7. The molecule has 150 valence electrons. The molecule has 2 aliphatic rings. The lowest BCUT2D eigenvalue weighted by Crippen LogP contribution is -2.44. The molecule has 0 aliphatic carbocycles. The molecule has 28 heavy (non-hydrogen) atoms. The number of hydrogen-bond donors (Lipinski definition) is 4. The predicted octanol–water partition coefficient (Wildman–Crippen LogP) is -0.622. The molecule has 2 saturated heterocycles. The van der Waals surface area contributed by atoms with Crippen LogP contribution >= 0.6 is 0 Å². The number of carbonyl (C=O) groups is 1. The molecular formula is C19H28N8O. The molecule has 1 aromatic carbocycles. The van der Waals surface area contributed by atoms with Crippen molar-refractivity contribution >= 4 is 5.91 Å². The average Bonchev–Trinajstić information content (AvgIpc) is 3.41. The van der Waals surface area contributed by atoms with E-state index in [1.165, 1.54) is 5.56 Å². The van der Waals surface area contributed by atoms with Crippen LogP contribution in [0.4, 0.5) is 0 Å². The first-order chi connectivity index (χ1) is 13.8. The number of piperazine rings is 1. The Labute approximate surface area is 164 Å². The van der Waals surface area contributed by atoms with E-state index in [0.29, 0.717) is 12.2 Å². The summed E-state index contributed by atoms with van der Waals surface area (Å²) in [5.41, 5.74) is 8.07. The lowest BCUT2D eigenvalue weighted by atomic mass is 9.95. The van der Waals surface area contributed by atoms with E-state index in [9.17, 15) is 4.79 Å². The third-order valence-electron chi connectivity index (χ3n) is 5.40. The largest absolute Gasteiger partial charge is 0.350 e. The Hall–Kier alpha value is -2.33. The van der Waals surface area contributed by atoms with Crippen molar-refractivity contribution in [2.75, 3.05) is 45.8 Å². The van der Waals surface area contributed by atoms with Gasteiger partial charge in [0.15, 0.2) is 5.69 Å². The molecule has 1 aromatic heterocycles. The Morgan fingerprint density at radius 1 is 1.18 bits per heavy atom. The van der Waals surface area contributed by atoms with E-state index in [2.05, 4.69) is 48.8 Å². The first-order valence-electron chi connectivity index (χ1n) is 9.94. The van der Waals surface area contributed by atoms with Crippen LogP contribution in [0.3, 0.4) is 0 Å². The second-order valence-electron chi connectivity index (χ2n) is 7.34. The zero-order valence-corrected chi connectivity index (χ0v) is 16.0. The number of nitrogens with zero attached hydrogens (tertiary/aromatic N) is 4. The van der Waals surface area contributed by atoms with Crippen molar-refractivity contribution in [3.05, 3.63) is 47.8 Å². The second-order valence-corrected chi connectivity index (χ2v) is 7.34. The molecule has 4 rings (SSSR count). The molecule has 1 amide bonds. The fourth-order valence-electron chi connectivity index (χ4n) is 3.75. The van der Waals surface area contributed by atoms with E-state index in [1.54, 1.807) is 10.9 Å². The number of benzene rings is 1. The van der Waals surface area contributed by atoms with Crippen LogP contribution in [0.2, 0.25) is 0 Å². The molecule has 2 fully saturated rings. The summed E-state index contributed by atoms with van der Waals surface area (Å²) in [6.07, 6.45) is 1.73. The van der Waals surface area contributed by atoms with Crippen molar-refractivity contribution in [3.8, 4) is 0 Å². The van der Waals surface area contributed by atoms with Gasteiger partial charge in [-0.25, -0.2) is 5.43 Å². The summed E-state index contributed by atoms with van der Waals surface area (Å²) in [5.74, 6) is 0.0984. The molecule has 2 aromatic rings. The van der Waals surface area contributed by atoms with Gasteiger partial charge < -0.3 is 10.6 Å². The normalized spacial score (nSPS) is 23.0. The Balaban J connectivity index is 1.26. The van der Waals surface area contributed by atoms with Crippen LogP contribution in [-0.2, 0) is 6.54 Å². The number of nitrogens with one attached hydrogen (secondary N) is 4. The molecule has 2 atom stereocenters. The SMILES string of the molecule is O=C(NCC1CNNC1c1ccccc1)c1cn(CCN2CCNCC2)nn1. The summed E-state index contributed by atoms with van der Waals surface area (Å²) in [6.45, 7) is 7.20. The van der Waals surface area contributed by atoms with Gasteiger partial charge in [-0.3, -0.25) is 19.8 Å². The van der Waals surface area contributed by atoms with Crippen molar-refractivity contribution in [1.29, 1.82) is 0 Å². The Bertz CT molecular complexity index is 758. The standard InChI is InChI=1S/C19H28N8O/c28-19(17-14-27(25-23-17)11-10-26-8-6-20-7-9-26)21-12-16-13-22-24-18(16)15-4-2-1-3-5-15/h1-5,14,16,18,20,22,24H,6-13H2,(H,21,28). The lowest BCUT2D eigenvalue weighted by Gasteiger charge is -2.26. The number of amides is 1. The minimum Gasteiger partial charge on any atom is -0.350 e. The zero-order valence-electron chi connectivity index (χ0n) is 16.0. The number of aromatic nitrogens is 3. The molecule has 3 heterocycles. The van der Waals surface area contributed by atoms with E-state index in [1.807, 2.05) is 18.2 Å². The van der Waals surface area contributed by atoms with Gasteiger partial charge in [0.25, 0.3) is 5.91 Å². The maximum absolute atomic E-state index is 12.5. The molecule has 0 saturated carbocycles. The summed E-state index contributed by atoms with van der Waals surface area (Å²) < 4.78 is 1.75. The third-order valence-corrected chi connectivity index (χ3v) is 5.40. The number of hydrazine groups is 1. The van der Waals surface area contributed by atoms with Gasteiger partial charge in [0.2, 0.25) is 0 Å². The fraction of sp³-hybridized carbons (Fsp3) is 0.526. The molecular weight excluding hydrogens is 356 g/mol. The molecule has 0 spiro atoms. The Kier molecular flexibility index (Phi) is 6.27. The highest BCUT2D eigenvalue weighted by molar-refractivity contribution is 5.91. The van der Waals surface area contributed by atoms with E-state index in [-0.39, 0.29) is 17.9 Å². The van der Waals surface area contributed by atoms with Crippen LogP contribution in [0.15, 0.2) is 36.5 Å². The summed E-state index contributed by atoms with van der Waals surface area (Å²) >= 11 is 0. The van der Waals surface area contributed by atoms with Crippen LogP contribution in [-0.4, -0.2) is 71.6 Å². The van der Waals surface area contributed by atoms with Crippen LogP contribution in [0.1, 0.15) is 22.1 Å². The van der Waals surface area contributed by atoms with Crippen molar-refractivity contribution in [2.45, 2.75) is 12.6 Å². The highest BCUT2D eigenvalue weighted by Crippen LogP contribution is 2.23. The molecule has 2 unspecified atom stereocenters. The Morgan fingerprint density at radius 3 is 2.82 bits per heavy atom. The van der Waals surface area contributed by atoms with Crippen LogP contribution < -0.4 is 21.5 Å². The average molecular weight is 384 g/mol. The summed E-state index contributed by atoms with van der Waals surface area (Å²) in [4.78, 5) is 14.9. The minimum atomic E-state index is -0.174. The monoisotopic (exact) mass is 384 g/mol. The van der Waals surface area contributed by atoms with Gasteiger partial charge in [-0.05, 0) is 5.56 Å². The highest BCUT2D eigenvalue weighted by atomic mass is 16.2. The molecule has 9 heteroatoms. The highest BCUT2D eigenvalue weighted by Gasteiger charge is 2.28. The fourth-order valence-corrected chi connectivity index (χ4v) is 3.75. The van der Waals surface area contributed by atoms with Gasteiger partial charge in [-0.1, -0.05) is 35.5 Å². The van der Waals surface area contributed by atoms with Crippen LogP contribution in [0, 0.1) is 5.92 Å². The molecule has 0 bridgehead atoms. The maximum atomic E-state index is 12.5. The molecule has 4 N–H and O–H groups in total. The van der Waals surface area contributed by atoms with E-state index < -0.39 is 0 Å². The van der Waals surface area contributed by atoms with Gasteiger partial charge in [0.05, 0.1) is 18.8 Å². The van der Waals surface area contributed by atoms with Gasteiger partial charge >= 0.3 is 0 Å². The summed E-state index contributed by atoms with van der Waals surface area (Å²) in [7, 11) is 0. The first-order valence-corrected chi connectivity index (χ1v) is 9.94. The summed E-state index contributed by atoms with van der Waals surface area (Å²) in [6, 6.07) is 10.4. The van der Waals surface area contributed by atoms with Gasteiger partial charge in [0, 0.05) is 51.7 Å². The van der Waals surface area contributed by atoms with E-state index in [0.717, 1.165) is 45.8 Å². The molecule has 9 nitrogen and oxygen atoms in total. The quantitative estimate of drug-likeness (QED) is 0.505. The van der Waals surface area contributed by atoms with Crippen molar-refractivity contribution in [3.63, 3.8) is 0 Å². The van der Waals surface area contributed by atoms with Gasteiger partial charge in [-0.15, -0.1) is 5.10 Å².